The number of nitrogens with zero attached hydrogens (tertiary/aromatic N) is 2. The van der Waals surface area contributed by atoms with Crippen molar-refractivity contribution < 1.29 is 5.11 Å². The number of phenols is 1. The van der Waals surface area contributed by atoms with Gasteiger partial charge in [0.05, 0.1) is 0 Å². The molecule has 1 atom stereocenters. The molecular weight excluding hydrogens is 250 g/mol. The van der Waals surface area contributed by atoms with E-state index in [1.165, 1.54) is 5.56 Å². The summed E-state index contributed by atoms with van der Waals surface area (Å²) in [7, 11) is 0. The van der Waals surface area contributed by atoms with Crippen molar-refractivity contribution in [2.24, 2.45) is 0 Å². The van der Waals surface area contributed by atoms with Gasteiger partial charge >= 0.3 is 0 Å². The van der Waals surface area contributed by atoms with Gasteiger partial charge in [-0.3, -0.25) is 9.88 Å². The van der Waals surface area contributed by atoms with E-state index in [2.05, 4.69) is 33.4 Å². The van der Waals surface area contributed by atoms with Crippen LogP contribution in [-0.4, -0.2) is 34.6 Å². The number of hydrogen-bond acceptors (Lipinski definition) is 4. The summed E-state index contributed by atoms with van der Waals surface area (Å²) >= 11 is 0. The Labute approximate surface area is 119 Å². The molecular formula is C16H19N3O. The smallest absolute Gasteiger partial charge is 0.115 e. The molecule has 0 aliphatic carbocycles. The van der Waals surface area contributed by atoms with Crippen LogP contribution in [0.2, 0.25) is 0 Å². The third-order valence-corrected chi connectivity index (χ3v) is 3.74. The van der Waals surface area contributed by atoms with Gasteiger partial charge in [-0.05, 0) is 35.4 Å². The molecule has 4 heteroatoms. The van der Waals surface area contributed by atoms with E-state index < -0.39 is 0 Å². The number of aromatic hydroxyl groups is 1. The molecule has 2 aromatic rings. The standard InChI is InChI=1S/C16H19N3O/c20-15-3-1-2-13(10-15)12-19-9-8-18-11-16(19)14-4-6-17-7-5-14/h1-7,10,16,18,20H,8-9,11-12H2. The van der Waals surface area contributed by atoms with Crippen LogP contribution in [0, 0.1) is 0 Å². The van der Waals surface area contributed by atoms with Crippen LogP contribution >= 0.6 is 0 Å². The van der Waals surface area contributed by atoms with Gasteiger partial charge < -0.3 is 10.4 Å². The molecule has 0 bridgehead atoms. The van der Waals surface area contributed by atoms with E-state index >= 15 is 0 Å². The highest BCUT2D eigenvalue weighted by molar-refractivity contribution is 5.27. The summed E-state index contributed by atoms with van der Waals surface area (Å²) in [4.78, 5) is 6.53. The van der Waals surface area contributed by atoms with E-state index in [4.69, 9.17) is 0 Å². The lowest BCUT2D eigenvalue weighted by molar-refractivity contribution is 0.153. The molecule has 104 valence electrons. The van der Waals surface area contributed by atoms with Gasteiger partial charge in [0.2, 0.25) is 0 Å². The number of rotatable bonds is 3. The fourth-order valence-electron chi connectivity index (χ4n) is 2.74. The van der Waals surface area contributed by atoms with Gasteiger partial charge in [-0.2, -0.15) is 0 Å². The molecule has 2 heterocycles. The summed E-state index contributed by atoms with van der Waals surface area (Å²) in [6.07, 6.45) is 3.69. The zero-order valence-corrected chi connectivity index (χ0v) is 11.4. The van der Waals surface area contributed by atoms with Crippen LogP contribution in [0.1, 0.15) is 17.2 Å². The Morgan fingerprint density at radius 3 is 2.90 bits per heavy atom. The van der Waals surface area contributed by atoms with E-state index in [1.807, 2.05) is 24.5 Å². The zero-order chi connectivity index (χ0) is 13.8. The van der Waals surface area contributed by atoms with Crippen LogP contribution in [0.3, 0.4) is 0 Å². The minimum atomic E-state index is 0.332. The van der Waals surface area contributed by atoms with Gasteiger partial charge in [0, 0.05) is 44.6 Å². The zero-order valence-electron chi connectivity index (χ0n) is 11.4. The van der Waals surface area contributed by atoms with E-state index in [1.54, 1.807) is 6.07 Å². The molecule has 0 spiro atoms. The Balaban J connectivity index is 1.79. The number of nitrogens with one attached hydrogen (secondary N) is 1. The third-order valence-electron chi connectivity index (χ3n) is 3.74. The predicted octanol–water partition coefficient (Wildman–Crippen LogP) is 1.93. The number of aromatic nitrogens is 1. The highest BCUT2D eigenvalue weighted by Crippen LogP contribution is 2.24. The Morgan fingerprint density at radius 1 is 1.25 bits per heavy atom. The van der Waals surface area contributed by atoms with Crippen molar-refractivity contribution in [1.29, 1.82) is 0 Å². The Bertz CT molecular complexity index is 559. The Kier molecular flexibility index (Phi) is 3.95. The first-order valence-corrected chi connectivity index (χ1v) is 6.95. The molecule has 1 aromatic heterocycles. The molecule has 1 saturated heterocycles. The van der Waals surface area contributed by atoms with Crippen molar-refractivity contribution >= 4 is 0 Å². The summed E-state index contributed by atoms with van der Waals surface area (Å²) in [5, 5.41) is 13.0. The second kappa shape index (κ2) is 6.03. The topological polar surface area (TPSA) is 48.4 Å². The van der Waals surface area contributed by atoms with E-state index in [0.29, 0.717) is 11.8 Å². The lowest BCUT2D eigenvalue weighted by Gasteiger charge is -2.36. The minimum absolute atomic E-state index is 0.332. The second-order valence-corrected chi connectivity index (χ2v) is 5.14. The molecule has 1 aliphatic heterocycles. The maximum absolute atomic E-state index is 9.59. The van der Waals surface area contributed by atoms with Crippen molar-refractivity contribution in [2.45, 2.75) is 12.6 Å². The molecule has 1 aromatic carbocycles. The predicted molar refractivity (Wildman–Crippen MR) is 78.4 cm³/mol. The SMILES string of the molecule is Oc1cccc(CN2CCNCC2c2ccncc2)c1. The van der Waals surface area contributed by atoms with Crippen molar-refractivity contribution in [1.82, 2.24) is 15.2 Å². The molecule has 1 aliphatic rings. The first-order valence-electron chi connectivity index (χ1n) is 6.95. The fraction of sp³-hybridized carbons (Fsp3) is 0.312. The maximum Gasteiger partial charge on any atom is 0.115 e. The van der Waals surface area contributed by atoms with E-state index in [-0.39, 0.29) is 0 Å². The highest BCUT2D eigenvalue weighted by Gasteiger charge is 2.23. The fourth-order valence-corrected chi connectivity index (χ4v) is 2.74. The number of piperazine rings is 1. The van der Waals surface area contributed by atoms with Crippen LogP contribution in [0.25, 0.3) is 0 Å². The van der Waals surface area contributed by atoms with E-state index in [9.17, 15) is 5.11 Å². The second-order valence-electron chi connectivity index (χ2n) is 5.14. The van der Waals surface area contributed by atoms with Crippen LogP contribution in [0.5, 0.6) is 5.75 Å². The molecule has 3 rings (SSSR count). The maximum atomic E-state index is 9.59. The highest BCUT2D eigenvalue weighted by atomic mass is 16.3. The van der Waals surface area contributed by atoms with Crippen LogP contribution in [0.4, 0.5) is 0 Å². The van der Waals surface area contributed by atoms with E-state index in [0.717, 1.165) is 31.7 Å². The first-order chi connectivity index (χ1) is 9.83. The molecule has 2 N–H and O–H groups in total. The third kappa shape index (κ3) is 2.98. The molecule has 4 nitrogen and oxygen atoms in total. The molecule has 0 saturated carbocycles. The number of phenolic OH excluding ortho intramolecular Hbond substituents is 1. The summed E-state index contributed by atoms with van der Waals surface area (Å²) in [6, 6.07) is 12.0. The van der Waals surface area contributed by atoms with Crippen LogP contribution < -0.4 is 5.32 Å². The van der Waals surface area contributed by atoms with Crippen molar-refractivity contribution in [3.8, 4) is 5.75 Å². The minimum Gasteiger partial charge on any atom is -0.508 e. The summed E-state index contributed by atoms with van der Waals surface area (Å²) in [6.45, 7) is 3.80. The Morgan fingerprint density at radius 2 is 2.10 bits per heavy atom. The normalized spacial score (nSPS) is 19.9. The summed E-state index contributed by atoms with van der Waals surface area (Å²) in [5.74, 6) is 0.332. The Hall–Kier alpha value is -1.91. The summed E-state index contributed by atoms with van der Waals surface area (Å²) in [5.41, 5.74) is 2.43. The lowest BCUT2D eigenvalue weighted by atomic mass is 10.0. The van der Waals surface area contributed by atoms with Crippen molar-refractivity contribution in [3.05, 3.63) is 59.9 Å². The number of benzene rings is 1. The number of pyridine rings is 1. The molecule has 1 unspecified atom stereocenters. The van der Waals surface area contributed by atoms with Crippen molar-refractivity contribution in [2.75, 3.05) is 19.6 Å². The molecule has 0 amide bonds. The molecule has 20 heavy (non-hydrogen) atoms. The van der Waals surface area contributed by atoms with Gasteiger partial charge in [-0.25, -0.2) is 0 Å². The summed E-state index contributed by atoms with van der Waals surface area (Å²) < 4.78 is 0. The van der Waals surface area contributed by atoms with Crippen LogP contribution in [0.15, 0.2) is 48.8 Å². The van der Waals surface area contributed by atoms with Gasteiger partial charge in [-0.1, -0.05) is 12.1 Å². The molecule has 0 radical (unpaired) electrons. The van der Waals surface area contributed by atoms with Crippen LogP contribution in [-0.2, 0) is 6.54 Å². The van der Waals surface area contributed by atoms with Crippen molar-refractivity contribution in [3.63, 3.8) is 0 Å². The number of hydrogen-bond donors (Lipinski definition) is 2. The quantitative estimate of drug-likeness (QED) is 0.894. The monoisotopic (exact) mass is 269 g/mol. The average Bonchev–Trinajstić information content (AvgIpc) is 2.49. The van der Waals surface area contributed by atoms with Gasteiger partial charge in [0.25, 0.3) is 0 Å². The van der Waals surface area contributed by atoms with Gasteiger partial charge in [-0.15, -0.1) is 0 Å². The molecule has 1 fully saturated rings. The lowest BCUT2D eigenvalue weighted by Crippen LogP contribution is -2.45. The van der Waals surface area contributed by atoms with Gasteiger partial charge in [0.15, 0.2) is 0 Å². The van der Waals surface area contributed by atoms with Gasteiger partial charge in [0.1, 0.15) is 5.75 Å². The largest absolute Gasteiger partial charge is 0.508 e. The first kappa shape index (κ1) is 13.1. The average molecular weight is 269 g/mol.